The zero-order chi connectivity index (χ0) is 15.1. The third-order valence-electron chi connectivity index (χ3n) is 4.12. The van der Waals surface area contributed by atoms with E-state index in [1.165, 1.54) is 25.9 Å². The SMILES string of the molecule is CCC(N)Cc1cccc(Cl)c1OCCCN1CCCC1. The van der Waals surface area contributed by atoms with E-state index in [0.29, 0.717) is 11.6 Å². The summed E-state index contributed by atoms with van der Waals surface area (Å²) in [6, 6.07) is 6.09. The van der Waals surface area contributed by atoms with Crippen molar-refractivity contribution in [2.75, 3.05) is 26.2 Å². The fourth-order valence-electron chi connectivity index (χ4n) is 2.77. The lowest BCUT2D eigenvalue weighted by Gasteiger charge is -2.17. The minimum Gasteiger partial charge on any atom is -0.492 e. The molecule has 0 radical (unpaired) electrons. The largest absolute Gasteiger partial charge is 0.492 e. The molecule has 2 rings (SSSR count). The molecule has 1 atom stereocenters. The van der Waals surface area contributed by atoms with Crippen molar-refractivity contribution in [2.24, 2.45) is 5.73 Å². The summed E-state index contributed by atoms with van der Waals surface area (Å²) < 4.78 is 5.96. The molecule has 4 heteroatoms. The number of hydrogen-bond acceptors (Lipinski definition) is 3. The molecule has 1 aliphatic heterocycles. The topological polar surface area (TPSA) is 38.5 Å². The van der Waals surface area contributed by atoms with Gasteiger partial charge in [-0.3, -0.25) is 0 Å². The van der Waals surface area contributed by atoms with Crippen molar-refractivity contribution in [2.45, 2.75) is 45.1 Å². The fraction of sp³-hybridized carbons (Fsp3) is 0.647. The van der Waals surface area contributed by atoms with E-state index in [0.717, 1.165) is 37.1 Å². The summed E-state index contributed by atoms with van der Waals surface area (Å²) >= 11 is 6.29. The molecule has 118 valence electrons. The van der Waals surface area contributed by atoms with E-state index < -0.39 is 0 Å². The Bertz CT molecular complexity index is 433. The predicted octanol–water partition coefficient (Wildman–Crippen LogP) is 3.48. The second-order valence-corrected chi connectivity index (χ2v) is 6.26. The van der Waals surface area contributed by atoms with E-state index in [9.17, 15) is 0 Å². The summed E-state index contributed by atoms with van der Waals surface area (Å²) in [7, 11) is 0. The maximum atomic E-state index is 6.29. The monoisotopic (exact) mass is 310 g/mol. The standard InChI is InChI=1S/C17H27ClN2O/c1-2-15(19)13-14-7-5-8-16(18)17(14)21-12-6-11-20-9-3-4-10-20/h5,7-8,15H,2-4,6,9-13,19H2,1H3. The maximum Gasteiger partial charge on any atom is 0.141 e. The van der Waals surface area contributed by atoms with Gasteiger partial charge in [-0.2, -0.15) is 0 Å². The van der Waals surface area contributed by atoms with Crippen LogP contribution in [0.4, 0.5) is 0 Å². The van der Waals surface area contributed by atoms with Crippen LogP contribution in [0.3, 0.4) is 0 Å². The molecule has 3 nitrogen and oxygen atoms in total. The lowest BCUT2D eigenvalue weighted by atomic mass is 10.0. The van der Waals surface area contributed by atoms with Gasteiger partial charge >= 0.3 is 0 Å². The van der Waals surface area contributed by atoms with Crippen LogP contribution in [0.5, 0.6) is 5.75 Å². The Morgan fingerprint density at radius 1 is 1.33 bits per heavy atom. The second kappa shape index (κ2) is 8.62. The van der Waals surface area contributed by atoms with Gasteiger partial charge in [-0.05, 0) is 56.8 Å². The molecule has 1 heterocycles. The Morgan fingerprint density at radius 2 is 2.10 bits per heavy atom. The highest BCUT2D eigenvalue weighted by atomic mass is 35.5. The predicted molar refractivity (Wildman–Crippen MR) is 89.2 cm³/mol. The van der Waals surface area contributed by atoms with Gasteiger partial charge < -0.3 is 15.4 Å². The third-order valence-corrected chi connectivity index (χ3v) is 4.42. The molecule has 1 aliphatic rings. The molecule has 2 N–H and O–H groups in total. The molecule has 0 saturated carbocycles. The number of rotatable bonds is 8. The van der Waals surface area contributed by atoms with Crippen molar-refractivity contribution in [1.29, 1.82) is 0 Å². The van der Waals surface area contributed by atoms with E-state index in [-0.39, 0.29) is 6.04 Å². The summed E-state index contributed by atoms with van der Waals surface area (Å²) in [5.41, 5.74) is 7.18. The normalized spacial score (nSPS) is 17.1. The van der Waals surface area contributed by atoms with Crippen LogP contribution >= 0.6 is 11.6 Å². The van der Waals surface area contributed by atoms with E-state index in [1.54, 1.807) is 0 Å². The van der Waals surface area contributed by atoms with Gasteiger partial charge in [0.05, 0.1) is 11.6 Å². The summed E-state index contributed by atoms with van der Waals surface area (Å²) in [5.74, 6) is 0.824. The highest BCUT2D eigenvalue weighted by Gasteiger charge is 2.13. The lowest BCUT2D eigenvalue weighted by Crippen LogP contribution is -2.23. The quantitative estimate of drug-likeness (QED) is 0.747. The fourth-order valence-corrected chi connectivity index (χ4v) is 3.02. The zero-order valence-corrected chi connectivity index (χ0v) is 13.7. The number of benzene rings is 1. The summed E-state index contributed by atoms with van der Waals surface area (Å²) in [6.07, 6.45) is 5.50. The van der Waals surface area contributed by atoms with Gasteiger partial charge in [-0.1, -0.05) is 30.7 Å². The van der Waals surface area contributed by atoms with Gasteiger partial charge in [0.25, 0.3) is 0 Å². The Morgan fingerprint density at radius 3 is 2.81 bits per heavy atom. The Balaban J connectivity index is 1.85. The van der Waals surface area contributed by atoms with Crippen molar-refractivity contribution in [1.82, 2.24) is 4.90 Å². The van der Waals surface area contributed by atoms with Gasteiger partial charge in [-0.15, -0.1) is 0 Å². The minimum atomic E-state index is 0.162. The maximum absolute atomic E-state index is 6.29. The van der Waals surface area contributed by atoms with Crippen LogP contribution in [-0.2, 0) is 6.42 Å². The highest BCUT2D eigenvalue weighted by Crippen LogP contribution is 2.29. The number of nitrogens with two attached hydrogens (primary N) is 1. The van der Waals surface area contributed by atoms with Crippen LogP contribution in [0.15, 0.2) is 18.2 Å². The van der Waals surface area contributed by atoms with Crippen LogP contribution in [0.1, 0.15) is 38.2 Å². The van der Waals surface area contributed by atoms with Crippen molar-refractivity contribution in [3.63, 3.8) is 0 Å². The number of para-hydroxylation sites is 1. The zero-order valence-electron chi connectivity index (χ0n) is 13.0. The van der Waals surface area contributed by atoms with Crippen molar-refractivity contribution >= 4 is 11.6 Å². The van der Waals surface area contributed by atoms with Gasteiger partial charge in [-0.25, -0.2) is 0 Å². The first-order chi connectivity index (χ1) is 10.2. The summed E-state index contributed by atoms with van der Waals surface area (Å²) in [5, 5.41) is 0.692. The molecule has 1 fully saturated rings. The highest BCUT2D eigenvalue weighted by molar-refractivity contribution is 6.32. The number of halogens is 1. The van der Waals surface area contributed by atoms with E-state index in [4.69, 9.17) is 22.1 Å². The molecule has 1 aromatic rings. The van der Waals surface area contributed by atoms with Crippen molar-refractivity contribution < 1.29 is 4.74 Å². The molecular weight excluding hydrogens is 284 g/mol. The van der Waals surface area contributed by atoms with Crippen LogP contribution in [0.2, 0.25) is 5.02 Å². The summed E-state index contributed by atoms with van der Waals surface area (Å²) in [4.78, 5) is 2.50. The van der Waals surface area contributed by atoms with Crippen LogP contribution in [0, 0.1) is 0 Å². The van der Waals surface area contributed by atoms with Crippen LogP contribution in [0.25, 0.3) is 0 Å². The second-order valence-electron chi connectivity index (χ2n) is 5.85. The molecule has 0 aliphatic carbocycles. The number of likely N-dealkylation sites (tertiary alicyclic amines) is 1. The molecule has 1 saturated heterocycles. The molecule has 0 amide bonds. The molecular formula is C17H27ClN2O. The van der Waals surface area contributed by atoms with Crippen LogP contribution in [-0.4, -0.2) is 37.2 Å². The van der Waals surface area contributed by atoms with Crippen molar-refractivity contribution in [3.8, 4) is 5.75 Å². The molecule has 1 unspecified atom stereocenters. The number of hydrogen-bond donors (Lipinski definition) is 1. The molecule has 1 aromatic carbocycles. The smallest absolute Gasteiger partial charge is 0.141 e. The van der Waals surface area contributed by atoms with Crippen LogP contribution < -0.4 is 10.5 Å². The molecule has 0 aromatic heterocycles. The molecule has 0 bridgehead atoms. The van der Waals surface area contributed by atoms with Crippen molar-refractivity contribution in [3.05, 3.63) is 28.8 Å². The van der Waals surface area contributed by atoms with Gasteiger partial charge in [0.2, 0.25) is 0 Å². The average molecular weight is 311 g/mol. The first kappa shape index (κ1) is 16.6. The van der Waals surface area contributed by atoms with E-state index >= 15 is 0 Å². The number of nitrogens with zero attached hydrogens (tertiary/aromatic N) is 1. The lowest BCUT2D eigenvalue weighted by molar-refractivity contribution is 0.261. The average Bonchev–Trinajstić information content (AvgIpc) is 2.99. The number of ether oxygens (including phenoxy) is 1. The van der Waals surface area contributed by atoms with Gasteiger partial charge in [0.1, 0.15) is 5.75 Å². The third kappa shape index (κ3) is 5.17. The van der Waals surface area contributed by atoms with E-state index in [1.807, 2.05) is 12.1 Å². The minimum absolute atomic E-state index is 0.162. The Hall–Kier alpha value is -0.770. The summed E-state index contributed by atoms with van der Waals surface area (Å²) in [6.45, 7) is 6.42. The molecule has 21 heavy (non-hydrogen) atoms. The van der Waals surface area contributed by atoms with Gasteiger partial charge in [0, 0.05) is 12.6 Å². The Labute approximate surface area is 133 Å². The van der Waals surface area contributed by atoms with E-state index in [2.05, 4.69) is 17.9 Å². The Kier molecular flexibility index (Phi) is 6.81. The first-order valence-corrected chi connectivity index (χ1v) is 8.46. The van der Waals surface area contributed by atoms with Gasteiger partial charge in [0.15, 0.2) is 0 Å². The molecule has 0 spiro atoms. The first-order valence-electron chi connectivity index (χ1n) is 8.08.